The van der Waals surface area contributed by atoms with Gasteiger partial charge >= 0.3 is 0 Å². The van der Waals surface area contributed by atoms with Gasteiger partial charge in [0.05, 0.1) is 30.5 Å². The molecule has 5 saturated carbocycles. The minimum atomic E-state index is -1.41. The van der Waals surface area contributed by atoms with Gasteiger partial charge in [0.2, 0.25) is 0 Å². The first kappa shape index (κ1) is 22.2. The largest absolute Gasteiger partial charge is 0.386 e. The summed E-state index contributed by atoms with van der Waals surface area (Å²) in [4.78, 5) is 2.46. The maximum absolute atomic E-state index is 13.0. The number of piperidine rings is 1. The molecule has 7 nitrogen and oxygen atoms in total. The molecule has 6 fully saturated rings. The third kappa shape index (κ3) is 2.00. The highest BCUT2D eigenvalue weighted by molar-refractivity contribution is 5.41. The van der Waals surface area contributed by atoms with Crippen molar-refractivity contribution in [2.75, 3.05) is 41.5 Å². The number of likely N-dealkylation sites (tertiary alicyclic amines) is 1. The molecule has 13 atom stereocenters. The number of nitrogens with zero attached hydrogens (tertiary/aromatic N) is 1. The van der Waals surface area contributed by atoms with Crippen molar-refractivity contribution in [2.45, 2.75) is 81.2 Å². The van der Waals surface area contributed by atoms with Crippen molar-refractivity contribution in [3.8, 4) is 0 Å². The summed E-state index contributed by atoms with van der Waals surface area (Å²) in [6.07, 6.45) is 2.70. The molecule has 1 heterocycles. The quantitative estimate of drug-likeness (QED) is 0.652. The molecule has 1 aliphatic heterocycles. The second kappa shape index (κ2) is 6.68. The van der Waals surface area contributed by atoms with Gasteiger partial charge in [0.1, 0.15) is 11.2 Å². The van der Waals surface area contributed by atoms with E-state index in [0.29, 0.717) is 6.42 Å². The van der Waals surface area contributed by atoms with Gasteiger partial charge in [0.25, 0.3) is 0 Å². The van der Waals surface area contributed by atoms with Crippen molar-refractivity contribution >= 4 is 0 Å². The fourth-order valence-corrected chi connectivity index (χ4v) is 11.0. The van der Waals surface area contributed by atoms with Gasteiger partial charge in [-0.25, -0.2) is 0 Å². The van der Waals surface area contributed by atoms with Gasteiger partial charge in [-0.15, -0.1) is 0 Å². The zero-order valence-corrected chi connectivity index (χ0v) is 20.4. The molecule has 5 aliphatic carbocycles. The van der Waals surface area contributed by atoms with Crippen molar-refractivity contribution in [3.63, 3.8) is 0 Å². The van der Waals surface area contributed by atoms with E-state index in [2.05, 4.69) is 18.7 Å². The Morgan fingerprint density at radius 2 is 1.78 bits per heavy atom. The summed E-state index contributed by atoms with van der Waals surface area (Å²) in [6.45, 7) is 6.33. The summed E-state index contributed by atoms with van der Waals surface area (Å²) >= 11 is 0. The van der Waals surface area contributed by atoms with Crippen molar-refractivity contribution < 1.29 is 29.2 Å². The average molecular weight is 452 g/mol. The van der Waals surface area contributed by atoms with E-state index >= 15 is 0 Å². The summed E-state index contributed by atoms with van der Waals surface area (Å²) in [5, 5.41) is 25.7. The van der Waals surface area contributed by atoms with Gasteiger partial charge in [-0.05, 0) is 37.1 Å². The van der Waals surface area contributed by atoms with Crippen molar-refractivity contribution in [3.05, 3.63) is 0 Å². The van der Waals surface area contributed by atoms with Crippen LogP contribution in [0.5, 0.6) is 0 Å². The zero-order chi connectivity index (χ0) is 22.8. The number of ether oxygens (including phenoxy) is 4. The van der Waals surface area contributed by atoms with E-state index in [0.717, 1.165) is 32.4 Å². The van der Waals surface area contributed by atoms with Crippen LogP contribution in [0.3, 0.4) is 0 Å². The lowest BCUT2D eigenvalue weighted by molar-refractivity contribution is -0.318. The standard InChI is InChI=1S/C25H41NO6/c1-7-26-12-22(2)9-8-16(30-4)24-14-10-13-15(29-3)11-23(27,17(14)18(13)31-5)25(28,21(24)26)20(32-6)19(22)24/h13-21,27-28H,7-12H2,1-6H3/t13-,14-,15+,16+,17-,18+,19-,20+,21?,22+,23-,24+,25-/m1/s1. The smallest absolute Gasteiger partial charge is 0.136 e. The Hall–Kier alpha value is -0.280. The molecule has 1 unspecified atom stereocenters. The fourth-order valence-electron chi connectivity index (χ4n) is 11.0. The highest BCUT2D eigenvalue weighted by Crippen LogP contribution is 2.80. The molecule has 0 radical (unpaired) electrons. The number of hydrogen-bond acceptors (Lipinski definition) is 7. The van der Waals surface area contributed by atoms with E-state index in [-0.39, 0.29) is 58.9 Å². The SMILES string of the molecule is CCN1C[C@]2(C)CC[C@H](OC)[C@]34C1[C@](O)([C@@H](OC)[C@H]23)[C@@]1(O)C[C@H](OC)[C@H]2C[C@@H]4[C@@H]1[C@H]2OC. The Morgan fingerprint density at radius 3 is 2.38 bits per heavy atom. The molecule has 1 saturated heterocycles. The lowest BCUT2D eigenvalue weighted by atomic mass is 9.43. The first-order valence-electron chi connectivity index (χ1n) is 12.5. The van der Waals surface area contributed by atoms with Crippen LogP contribution in [-0.2, 0) is 18.9 Å². The molecule has 32 heavy (non-hydrogen) atoms. The number of methoxy groups -OCH3 is 4. The Labute approximate surface area is 191 Å². The lowest BCUT2D eigenvalue weighted by Gasteiger charge is -2.70. The van der Waals surface area contributed by atoms with Crippen LogP contribution in [0.25, 0.3) is 0 Å². The van der Waals surface area contributed by atoms with Gasteiger partial charge < -0.3 is 29.2 Å². The van der Waals surface area contributed by atoms with E-state index in [1.54, 1.807) is 21.3 Å². The van der Waals surface area contributed by atoms with Gasteiger partial charge in [-0.1, -0.05) is 13.8 Å². The summed E-state index contributed by atoms with van der Waals surface area (Å²) < 4.78 is 24.6. The molecule has 0 aromatic rings. The number of hydrogen-bond donors (Lipinski definition) is 2. The maximum atomic E-state index is 13.0. The summed E-state index contributed by atoms with van der Waals surface area (Å²) in [5.41, 5.74) is -3.03. The maximum Gasteiger partial charge on any atom is 0.136 e. The highest BCUT2D eigenvalue weighted by Gasteiger charge is 2.91. The fraction of sp³-hybridized carbons (Fsp3) is 1.00. The molecular weight excluding hydrogens is 410 g/mol. The third-order valence-electron chi connectivity index (χ3n) is 11.5. The normalized spacial score (nSPS) is 62.4. The Kier molecular flexibility index (Phi) is 4.64. The van der Waals surface area contributed by atoms with Gasteiger partial charge in [-0.3, -0.25) is 4.90 Å². The van der Waals surface area contributed by atoms with Gasteiger partial charge in [0, 0.05) is 64.6 Å². The molecule has 6 aliphatic rings. The number of aliphatic hydroxyl groups is 2. The van der Waals surface area contributed by atoms with Crippen LogP contribution < -0.4 is 0 Å². The molecule has 2 N–H and O–H groups in total. The first-order valence-corrected chi connectivity index (χ1v) is 12.5. The summed E-state index contributed by atoms with van der Waals surface area (Å²) in [6, 6.07) is -0.202. The minimum Gasteiger partial charge on any atom is -0.386 e. The van der Waals surface area contributed by atoms with E-state index in [9.17, 15) is 10.2 Å². The Bertz CT molecular complexity index is 796. The van der Waals surface area contributed by atoms with E-state index in [4.69, 9.17) is 18.9 Å². The van der Waals surface area contributed by atoms with Crippen LogP contribution >= 0.6 is 0 Å². The van der Waals surface area contributed by atoms with Crippen LogP contribution in [0.15, 0.2) is 0 Å². The second-order valence-corrected chi connectivity index (χ2v) is 12.0. The summed E-state index contributed by atoms with van der Waals surface area (Å²) in [5.74, 6) is 0.398. The number of rotatable bonds is 5. The zero-order valence-electron chi connectivity index (χ0n) is 20.4. The molecule has 182 valence electrons. The molecule has 7 heteroatoms. The van der Waals surface area contributed by atoms with Crippen molar-refractivity contribution in [1.82, 2.24) is 4.90 Å². The molecule has 6 rings (SSSR count). The molecule has 0 amide bonds. The monoisotopic (exact) mass is 451 g/mol. The van der Waals surface area contributed by atoms with Crippen LogP contribution in [0.1, 0.15) is 39.5 Å². The molecule has 1 spiro atoms. The average Bonchev–Trinajstić information content (AvgIpc) is 3.20. The van der Waals surface area contributed by atoms with Crippen molar-refractivity contribution in [1.29, 1.82) is 0 Å². The number of fused-ring (bicyclic) bond motifs is 2. The predicted octanol–water partition coefficient (Wildman–Crippen LogP) is 1.30. The Morgan fingerprint density at radius 1 is 1.03 bits per heavy atom. The van der Waals surface area contributed by atoms with Crippen molar-refractivity contribution in [2.24, 2.45) is 34.5 Å². The molecule has 0 aromatic heterocycles. The van der Waals surface area contributed by atoms with E-state index in [1.807, 2.05) is 7.11 Å². The van der Waals surface area contributed by atoms with Crippen LogP contribution in [0, 0.1) is 34.5 Å². The molecule has 7 bridgehead atoms. The number of likely N-dealkylation sites (N-methyl/N-ethyl adjacent to an activating group) is 1. The van der Waals surface area contributed by atoms with Crippen LogP contribution in [-0.4, -0.2) is 98.3 Å². The Balaban J connectivity index is 1.68. The lowest BCUT2D eigenvalue weighted by Crippen LogP contribution is -2.81. The minimum absolute atomic E-state index is 0.00298. The van der Waals surface area contributed by atoms with Crippen LogP contribution in [0.2, 0.25) is 0 Å². The third-order valence-corrected chi connectivity index (χ3v) is 11.5. The van der Waals surface area contributed by atoms with E-state index < -0.39 is 17.3 Å². The van der Waals surface area contributed by atoms with Crippen LogP contribution in [0.4, 0.5) is 0 Å². The van der Waals surface area contributed by atoms with Gasteiger partial charge in [-0.2, -0.15) is 0 Å². The molecule has 0 aromatic carbocycles. The van der Waals surface area contributed by atoms with Gasteiger partial charge in [0.15, 0.2) is 0 Å². The molecular formula is C25H41NO6. The topological polar surface area (TPSA) is 80.6 Å². The summed E-state index contributed by atoms with van der Waals surface area (Å²) in [7, 11) is 7.03. The predicted molar refractivity (Wildman–Crippen MR) is 117 cm³/mol. The van der Waals surface area contributed by atoms with E-state index in [1.165, 1.54) is 0 Å². The highest BCUT2D eigenvalue weighted by atomic mass is 16.5. The first-order chi connectivity index (χ1) is 15.2. The second-order valence-electron chi connectivity index (χ2n) is 12.0.